The Hall–Kier alpha value is -1.27. The quantitative estimate of drug-likeness (QED) is 0.870. The van der Waals surface area contributed by atoms with Crippen LogP contribution in [-0.2, 0) is 0 Å². The van der Waals surface area contributed by atoms with Gasteiger partial charge in [0.15, 0.2) is 11.5 Å². The molecule has 2 unspecified atom stereocenters. The van der Waals surface area contributed by atoms with Gasteiger partial charge in [-0.15, -0.1) is 11.3 Å². The normalized spacial score (nSPS) is 40.2. The van der Waals surface area contributed by atoms with E-state index in [2.05, 4.69) is 5.32 Å². The third-order valence-electron chi connectivity index (χ3n) is 5.99. The van der Waals surface area contributed by atoms with Crippen LogP contribution in [0.25, 0.3) is 0 Å². The second kappa shape index (κ2) is 4.63. The molecule has 1 aromatic rings. The molecule has 0 radical (unpaired) electrons. The molecule has 2 atom stereocenters. The molecule has 0 saturated heterocycles. The summed E-state index contributed by atoms with van der Waals surface area (Å²) in [7, 11) is 0. The van der Waals surface area contributed by atoms with Crippen molar-refractivity contribution >= 4 is 17.2 Å². The fourth-order valence-electron chi connectivity index (χ4n) is 5.80. The van der Waals surface area contributed by atoms with Crippen LogP contribution in [0.1, 0.15) is 48.2 Å². The topological polar surface area (TPSA) is 73.6 Å². The second-order valence-corrected chi connectivity index (χ2v) is 8.89. The molecule has 1 amide bonds. The molecular formula is C17H22N2O3S. The zero-order valence-corrected chi connectivity index (χ0v) is 13.9. The maximum Gasteiger partial charge on any atom is 0.265 e. The van der Waals surface area contributed by atoms with Crippen molar-refractivity contribution in [3.05, 3.63) is 10.3 Å². The van der Waals surface area contributed by atoms with E-state index >= 15 is 0 Å². The van der Waals surface area contributed by atoms with Crippen molar-refractivity contribution in [2.75, 3.05) is 13.2 Å². The summed E-state index contributed by atoms with van der Waals surface area (Å²) in [5, 5.41) is 5.23. The molecule has 4 aliphatic carbocycles. The Kier molecular flexibility index (Phi) is 2.84. The lowest BCUT2D eigenvalue weighted by Crippen LogP contribution is -2.68. The molecule has 5 nitrogen and oxygen atoms in total. The number of carbonyl (C=O) groups excluding carboxylic acids is 1. The van der Waals surface area contributed by atoms with Gasteiger partial charge in [0.2, 0.25) is 0 Å². The van der Waals surface area contributed by atoms with Crippen molar-refractivity contribution in [2.45, 2.75) is 49.6 Å². The Morgan fingerprint density at radius 3 is 2.70 bits per heavy atom. The Labute approximate surface area is 139 Å². The van der Waals surface area contributed by atoms with Crippen LogP contribution in [0.3, 0.4) is 0 Å². The molecule has 124 valence electrons. The molecule has 4 fully saturated rings. The number of ether oxygens (including phenoxy) is 2. The highest BCUT2D eigenvalue weighted by Crippen LogP contribution is 2.56. The highest BCUT2D eigenvalue weighted by Gasteiger charge is 2.56. The minimum Gasteiger partial charge on any atom is -0.485 e. The van der Waals surface area contributed by atoms with Crippen molar-refractivity contribution in [1.82, 2.24) is 5.32 Å². The third-order valence-corrected chi connectivity index (χ3v) is 6.93. The summed E-state index contributed by atoms with van der Waals surface area (Å²) in [6.07, 6.45) is 6.64. The minimum atomic E-state index is -0.109. The first-order chi connectivity index (χ1) is 11.0. The molecule has 5 aliphatic rings. The van der Waals surface area contributed by atoms with Crippen LogP contribution in [0, 0.1) is 11.8 Å². The van der Waals surface area contributed by atoms with Crippen molar-refractivity contribution < 1.29 is 14.3 Å². The van der Waals surface area contributed by atoms with E-state index in [0.717, 1.165) is 32.1 Å². The number of carbonyl (C=O) groups is 1. The maximum atomic E-state index is 12.9. The van der Waals surface area contributed by atoms with Gasteiger partial charge < -0.3 is 20.5 Å². The predicted octanol–water partition coefficient (Wildman–Crippen LogP) is 2.30. The first kappa shape index (κ1) is 14.1. The van der Waals surface area contributed by atoms with Crippen molar-refractivity contribution in [3.63, 3.8) is 0 Å². The molecule has 23 heavy (non-hydrogen) atoms. The van der Waals surface area contributed by atoms with Crippen molar-refractivity contribution in [3.8, 4) is 11.5 Å². The van der Waals surface area contributed by atoms with Crippen LogP contribution in [0.2, 0.25) is 0 Å². The summed E-state index contributed by atoms with van der Waals surface area (Å²) in [5.41, 5.74) is 6.45. The van der Waals surface area contributed by atoms with Gasteiger partial charge in [0, 0.05) is 16.5 Å². The van der Waals surface area contributed by atoms with E-state index in [4.69, 9.17) is 15.2 Å². The second-order valence-electron chi connectivity index (χ2n) is 8.01. The van der Waals surface area contributed by atoms with Crippen LogP contribution in [0.4, 0.5) is 0 Å². The number of amides is 1. The van der Waals surface area contributed by atoms with Crippen LogP contribution in [0.15, 0.2) is 5.38 Å². The number of nitrogens with one attached hydrogen (secondary N) is 1. The molecule has 3 N–H and O–H groups in total. The average molecular weight is 334 g/mol. The van der Waals surface area contributed by atoms with E-state index in [9.17, 15) is 4.79 Å². The lowest BCUT2D eigenvalue weighted by molar-refractivity contribution is -0.0320. The summed E-state index contributed by atoms with van der Waals surface area (Å²) in [5.74, 6) is 2.65. The van der Waals surface area contributed by atoms with Gasteiger partial charge >= 0.3 is 0 Å². The van der Waals surface area contributed by atoms with Crippen molar-refractivity contribution in [1.29, 1.82) is 0 Å². The first-order valence-corrected chi connectivity index (χ1v) is 9.41. The molecule has 2 heterocycles. The number of rotatable bonds is 2. The SMILES string of the molecule is NC12CC3CC(C1)CC(NC(=O)c1scc4c1OCCO4)(C3)C2. The molecule has 1 aliphatic heterocycles. The summed E-state index contributed by atoms with van der Waals surface area (Å²) < 4.78 is 11.2. The van der Waals surface area contributed by atoms with E-state index in [1.807, 2.05) is 5.38 Å². The molecule has 4 bridgehead atoms. The van der Waals surface area contributed by atoms with E-state index in [1.54, 1.807) is 0 Å². The van der Waals surface area contributed by atoms with Crippen LogP contribution >= 0.6 is 11.3 Å². The lowest BCUT2D eigenvalue weighted by Gasteiger charge is -2.61. The highest BCUT2D eigenvalue weighted by molar-refractivity contribution is 7.12. The van der Waals surface area contributed by atoms with E-state index in [-0.39, 0.29) is 17.0 Å². The van der Waals surface area contributed by atoms with Gasteiger partial charge in [0.25, 0.3) is 5.91 Å². The first-order valence-electron chi connectivity index (χ1n) is 8.53. The fraction of sp³-hybridized carbons (Fsp3) is 0.706. The zero-order valence-electron chi connectivity index (χ0n) is 13.1. The smallest absolute Gasteiger partial charge is 0.265 e. The number of nitrogens with two attached hydrogens (primary N) is 1. The lowest BCUT2D eigenvalue weighted by atomic mass is 9.50. The summed E-state index contributed by atoms with van der Waals surface area (Å²) in [6.45, 7) is 1.05. The van der Waals surface area contributed by atoms with E-state index in [1.165, 1.54) is 17.8 Å². The molecule has 6 heteroatoms. The molecule has 6 rings (SSSR count). The molecule has 1 aromatic heterocycles. The summed E-state index contributed by atoms with van der Waals surface area (Å²) in [4.78, 5) is 13.5. The standard InChI is InChI=1S/C17H22N2O3S/c18-16-4-10-3-11(5-16)7-17(6-10,9-16)19-15(20)14-13-12(8-23-14)21-1-2-22-13/h8,10-11H,1-7,9,18H2,(H,19,20). The Morgan fingerprint density at radius 1 is 1.22 bits per heavy atom. The Morgan fingerprint density at radius 2 is 1.96 bits per heavy atom. The van der Waals surface area contributed by atoms with Gasteiger partial charge in [-0.3, -0.25) is 4.79 Å². The van der Waals surface area contributed by atoms with Gasteiger partial charge in [-0.25, -0.2) is 0 Å². The van der Waals surface area contributed by atoms with Gasteiger partial charge in [-0.05, 0) is 50.4 Å². The number of hydrogen-bond acceptors (Lipinski definition) is 5. The summed E-state index contributed by atoms with van der Waals surface area (Å²) in [6, 6.07) is 0. The summed E-state index contributed by atoms with van der Waals surface area (Å²) >= 11 is 1.41. The van der Waals surface area contributed by atoms with Crippen LogP contribution in [0.5, 0.6) is 11.5 Å². The fourth-order valence-corrected chi connectivity index (χ4v) is 6.62. The highest BCUT2D eigenvalue weighted by atomic mass is 32.1. The number of hydrogen-bond donors (Lipinski definition) is 2. The van der Waals surface area contributed by atoms with Gasteiger partial charge in [0.05, 0.1) is 0 Å². The monoisotopic (exact) mass is 334 g/mol. The average Bonchev–Trinajstić information content (AvgIpc) is 2.88. The Bertz CT molecular complexity index is 657. The van der Waals surface area contributed by atoms with Crippen LogP contribution in [-0.4, -0.2) is 30.2 Å². The number of fused-ring (bicyclic) bond motifs is 1. The Balaban J connectivity index is 1.41. The van der Waals surface area contributed by atoms with Crippen molar-refractivity contribution in [2.24, 2.45) is 17.6 Å². The number of thiophene rings is 1. The minimum absolute atomic E-state index is 0.0210. The van der Waals surface area contributed by atoms with Gasteiger partial charge in [-0.1, -0.05) is 0 Å². The largest absolute Gasteiger partial charge is 0.485 e. The maximum absolute atomic E-state index is 12.9. The molecule has 0 aromatic carbocycles. The van der Waals surface area contributed by atoms with Crippen LogP contribution < -0.4 is 20.5 Å². The zero-order chi connectivity index (χ0) is 15.7. The molecular weight excluding hydrogens is 312 g/mol. The van der Waals surface area contributed by atoms with Gasteiger partial charge in [0.1, 0.15) is 18.1 Å². The van der Waals surface area contributed by atoms with E-state index < -0.39 is 0 Å². The molecule has 4 saturated carbocycles. The predicted molar refractivity (Wildman–Crippen MR) is 87.1 cm³/mol. The van der Waals surface area contributed by atoms with Gasteiger partial charge in [-0.2, -0.15) is 0 Å². The van der Waals surface area contributed by atoms with E-state index in [0.29, 0.717) is 41.4 Å². The third kappa shape index (κ3) is 2.18. The molecule has 0 spiro atoms.